The van der Waals surface area contributed by atoms with Crippen molar-refractivity contribution in [2.24, 2.45) is 0 Å². The van der Waals surface area contributed by atoms with Crippen LogP contribution in [0.5, 0.6) is 0 Å². The van der Waals surface area contributed by atoms with Crippen LogP contribution >= 0.6 is 0 Å². The average molecular weight is 247 g/mol. The zero-order chi connectivity index (χ0) is 13.2. The van der Waals surface area contributed by atoms with Crippen molar-refractivity contribution in [3.05, 3.63) is 42.6 Å². The smallest absolute Gasteiger partial charge is 0.332 e. The summed E-state index contributed by atoms with van der Waals surface area (Å²) in [6.07, 6.45) is 5.48. The first-order valence-electron chi connectivity index (χ1n) is 6.44. The van der Waals surface area contributed by atoms with Crippen LogP contribution in [0.4, 0.5) is 5.69 Å². The topological polar surface area (TPSA) is 29.5 Å². The summed E-state index contributed by atoms with van der Waals surface area (Å²) in [6, 6.07) is 10.0. The van der Waals surface area contributed by atoms with Crippen molar-refractivity contribution in [1.29, 1.82) is 0 Å². The molecule has 0 atom stereocenters. The van der Waals surface area contributed by atoms with Crippen LogP contribution in [0.3, 0.4) is 0 Å². The number of benzene rings is 1. The lowest BCUT2D eigenvalue weighted by molar-refractivity contribution is -0.137. The molecule has 0 aliphatic carbocycles. The summed E-state index contributed by atoms with van der Waals surface area (Å²) in [5.74, 6) is -0.296. The Morgan fingerprint density at radius 3 is 2.61 bits per heavy atom. The number of hydrogen-bond donors (Lipinski definition) is 0. The van der Waals surface area contributed by atoms with Gasteiger partial charge in [0.2, 0.25) is 0 Å². The molecule has 0 aliphatic rings. The van der Waals surface area contributed by atoms with Crippen LogP contribution in [0.1, 0.15) is 26.7 Å². The fraction of sp³-hybridized carbons (Fsp3) is 0.400. The quantitative estimate of drug-likeness (QED) is 0.546. The van der Waals surface area contributed by atoms with Gasteiger partial charge in [-0.25, -0.2) is 4.79 Å². The number of unbranched alkanes of at least 4 members (excludes halogenated alkanes) is 1. The van der Waals surface area contributed by atoms with Crippen LogP contribution in [0.2, 0.25) is 0 Å². The van der Waals surface area contributed by atoms with Crippen molar-refractivity contribution in [2.45, 2.75) is 26.7 Å². The first-order chi connectivity index (χ1) is 8.77. The Labute approximate surface area is 109 Å². The molecule has 0 heterocycles. The molecule has 0 bridgehead atoms. The number of rotatable bonds is 7. The highest BCUT2D eigenvalue weighted by molar-refractivity contribution is 5.82. The molecule has 1 aromatic rings. The normalized spacial score (nSPS) is 10.6. The number of hydrogen-bond acceptors (Lipinski definition) is 3. The lowest BCUT2D eigenvalue weighted by atomic mass is 10.2. The van der Waals surface area contributed by atoms with Crippen LogP contribution in [-0.4, -0.2) is 19.1 Å². The number of esters is 1. The third-order valence-corrected chi connectivity index (χ3v) is 2.52. The van der Waals surface area contributed by atoms with E-state index in [-0.39, 0.29) is 5.97 Å². The largest absolute Gasteiger partial charge is 0.463 e. The second-order valence-corrected chi connectivity index (χ2v) is 3.95. The van der Waals surface area contributed by atoms with Gasteiger partial charge in [-0.05, 0) is 25.5 Å². The third-order valence-electron chi connectivity index (χ3n) is 2.52. The maximum Gasteiger partial charge on any atom is 0.332 e. The average Bonchev–Trinajstić information content (AvgIpc) is 2.40. The Morgan fingerprint density at radius 2 is 2.00 bits per heavy atom. The van der Waals surface area contributed by atoms with Crippen LogP contribution in [0, 0.1) is 0 Å². The number of anilines is 1. The van der Waals surface area contributed by atoms with E-state index in [1.807, 2.05) is 30.3 Å². The molecule has 0 aliphatic heterocycles. The van der Waals surface area contributed by atoms with Crippen LogP contribution in [0.15, 0.2) is 42.6 Å². The van der Waals surface area contributed by atoms with E-state index < -0.39 is 0 Å². The van der Waals surface area contributed by atoms with Gasteiger partial charge in [0.1, 0.15) is 0 Å². The van der Waals surface area contributed by atoms with E-state index in [0.29, 0.717) is 6.61 Å². The molecule has 18 heavy (non-hydrogen) atoms. The Bertz CT molecular complexity index is 373. The van der Waals surface area contributed by atoms with Crippen LogP contribution < -0.4 is 4.90 Å². The summed E-state index contributed by atoms with van der Waals surface area (Å²) in [5, 5.41) is 0. The predicted octanol–water partition coefficient (Wildman–Crippen LogP) is 3.37. The van der Waals surface area contributed by atoms with Gasteiger partial charge in [0.05, 0.1) is 6.61 Å². The van der Waals surface area contributed by atoms with E-state index in [4.69, 9.17) is 4.74 Å². The summed E-state index contributed by atoms with van der Waals surface area (Å²) < 4.78 is 4.88. The SMILES string of the molecule is CCCCN(/C=C/C(=O)OCC)c1ccccc1. The number of ether oxygens (including phenoxy) is 1. The van der Waals surface area contributed by atoms with Crippen molar-refractivity contribution in [3.8, 4) is 0 Å². The van der Waals surface area contributed by atoms with Crippen LogP contribution in [0.25, 0.3) is 0 Å². The van der Waals surface area contributed by atoms with E-state index in [2.05, 4.69) is 11.8 Å². The second kappa shape index (κ2) is 8.34. The van der Waals surface area contributed by atoms with Gasteiger partial charge in [0.25, 0.3) is 0 Å². The third kappa shape index (κ3) is 5.04. The molecular formula is C15H21NO2. The molecule has 0 fully saturated rings. The van der Waals surface area contributed by atoms with E-state index >= 15 is 0 Å². The van der Waals surface area contributed by atoms with Gasteiger partial charge >= 0.3 is 5.97 Å². The van der Waals surface area contributed by atoms with E-state index in [9.17, 15) is 4.79 Å². The molecule has 0 unspecified atom stereocenters. The van der Waals surface area contributed by atoms with Crippen molar-refractivity contribution >= 4 is 11.7 Å². The number of carbonyl (C=O) groups is 1. The van der Waals surface area contributed by atoms with E-state index in [1.165, 1.54) is 6.08 Å². The number of carbonyl (C=O) groups excluding carboxylic acids is 1. The first kappa shape index (κ1) is 14.3. The summed E-state index contributed by atoms with van der Waals surface area (Å²) in [5.41, 5.74) is 1.09. The molecule has 0 saturated carbocycles. The Morgan fingerprint density at radius 1 is 1.28 bits per heavy atom. The van der Waals surface area contributed by atoms with Crippen molar-refractivity contribution in [2.75, 3.05) is 18.1 Å². The fourth-order valence-corrected chi connectivity index (χ4v) is 1.58. The maximum atomic E-state index is 11.3. The second-order valence-electron chi connectivity index (χ2n) is 3.95. The molecule has 3 nitrogen and oxygen atoms in total. The highest BCUT2D eigenvalue weighted by atomic mass is 16.5. The van der Waals surface area contributed by atoms with E-state index in [1.54, 1.807) is 13.1 Å². The minimum absolute atomic E-state index is 0.296. The molecule has 1 rings (SSSR count). The van der Waals surface area contributed by atoms with Gasteiger partial charge in [-0.1, -0.05) is 31.5 Å². The molecule has 98 valence electrons. The van der Waals surface area contributed by atoms with Gasteiger partial charge < -0.3 is 9.64 Å². The molecular weight excluding hydrogens is 226 g/mol. The molecule has 0 spiro atoms. The maximum absolute atomic E-state index is 11.3. The monoisotopic (exact) mass is 247 g/mol. The summed E-state index contributed by atoms with van der Waals surface area (Å²) in [4.78, 5) is 13.4. The number of para-hydroxylation sites is 1. The molecule has 1 aromatic carbocycles. The van der Waals surface area contributed by atoms with Gasteiger partial charge in [-0.3, -0.25) is 0 Å². The summed E-state index contributed by atoms with van der Waals surface area (Å²) in [6.45, 7) is 5.26. The lowest BCUT2D eigenvalue weighted by Gasteiger charge is -2.20. The van der Waals surface area contributed by atoms with Gasteiger partial charge in [0.15, 0.2) is 0 Å². The summed E-state index contributed by atoms with van der Waals surface area (Å²) >= 11 is 0. The fourth-order valence-electron chi connectivity index (χ4n) is 1.58. The molecule has 0 saturated heterocycles. The number of nitrogens with zero attached hydrogens (tertiary/aromatic N) is 1. The zero-order valence-electron chi connectivity index (χ0n) is 11.1. The minimum Gasteiger partial charge on any atom is -0.463 e. The highest BCUT2D eigenvalue weighted by Crippen LogP contribution is 2.14. The molecule has 3 heteroatoms. The lowest BCUT2D eigenvalue weighted by Crippen LogP contribution is -2.18. The Balaban J connectivity index is 2.70. The van der Waals surface area contributed by atoms with Crippen LogP contribution in [-0.2, 0) is 9.53 Å². The van der Waals surface area contributed by atoms with Crippen molar-refractivity contribution < 1.29 is 9.53 Å². The predicted molar refractivity (Wildman–Crippen MR) is 74.5 cm³/mol. The Kier molecular flexibility index (Phi) is 6.62. The van der Waals surface area contributed by atoms with Gasteiger partial charge in [-0.15, -0.1) is 0 Å². The van der Waals surface area contributed by atoms with Crippen molar-refractivity contribution in [1.82, 2.24) is 0 Å². The summed E-state index contributed by atoms with van der Waals surface area (Å²) in [7, 11) is 0. The first-order valence-corrected chi connectivity index (χ1v) is 6.44. The minimum atomic E-state index is -0.296. The molecule has 0 aromatic heterocycles. The molecule has 0 N–H and O–H groups in total. The molecule has 0 amide bonds. The van der Waals surface area contributed by atoms with Gasteiger partial charge in [-0.2, -0.15) is 0 Å². The zero-order valence-corrected chi connectivity index (χ0v) is 11.1. The van der Waals surface area contributed by atoms with Gasteiger partial charge in [0, 0.05) is 24.5 Å². The highest BCUT2D eigenvalue weighted by Gasteiger charge is 2.02. The van der Waals surface area contributed by atoms with E-state index in [0.717, 1.165) is 25.1 Å². The molecule has 0 radical (unpaired) electrons. The Hall–Kier alpha value is -1.77. The van der Waals surface area contributed by atoms with Crippen molar-refractivity contribution in [3.63, 3.8) is 0 Å². The standard InChI is InChI=1S/C15H21NO2/c1-3-5-12-16(13-11-15(17)18-4-2)14-9-7-6-8-10-14/h6-11,13H,3-5,12H2,1-2H3/b13-11+.